The van der Waals surface area contributed by atoms with E-state index in [1.165, 1.54) is 0 Å². The van der Waals surface area contributed by atoms with Crippen LogP contribution >= 0.6 is 0 Å². The molecule has 28 heavy (non-hydrogen) atoms. The third kappa shape index (κ3) is 6.01. The maximum atomic E-state index is 12.5. The molecule has 0 aliphatic rings. The van der Waals surface area contributed by atoms with Gasteiger partial charge >= 0.3 is 0 Å². The van der Waals surface area contributed by atoms with Crippen LogP contribution in [0.4, 0.5) is 0 Å². The second-order valence-electron chi connectivity index (χ2n) is 6.42. The predicted octanol–water partition coefficient (Wildman–Crippen LogP) is 3.55. The highest BCUT2D eigenvalue weighted by Gasteiger charge is 2.11. The predicted molar refractivity (Wildman–Crippen MR) is 109 cm³/mol. The molecule has 150 valence electrons. The Bertz CT molecular complexity index is 805. The summed E-state index contributed by atoms with van der Waals surface area (Å²) in [7, 11) is 3.14. The fourth-order valence-corrected chi connectivity index (χ4v) is 2.76. The van der Waals surface area contributed by atoms with Gasteiger partial charge in [0.2, 0.25) is 0 Å². The summed E-state index contributed by atoms with van der Waals surface area (Å²) < 4.78 is 10.5. The molecular weight excluding hydrogens is 356 g/mol. The second kappa shape index (κ2) is 11.0. The van der Waals surface area contributed by atoms with Gasteiger partial charge in [-0.15, -0.1) is 0 Å². The number of benzene rings is 2. The Kier molecular flexibility index (Phi) is 8.34. The van der Waals surface area contributed by atoms with Crippen molar-refractivity contribution in [2.75, 3.05) is 20.8 Å². The van der Waals surface area contributed by atoms with Crippen molar-refractivity contribution in [2.24, 2.45) is 0 Å². The van der Waals surface area contributed by atoms with Crippen LogP contribution < -0.4 is 20.1 Å². The van der Waals surface area contributed by atoms with E-state index >= 15 is 0 Å². The summed E-state index contributed by atoms with van der Waals surface area (Å²) in [4.78, 5) is 24.7. The van der Waals surface area contributed by atoms with Gasteiger partial charge in [-0.25, -0.2) is 0 Å². The van der Waals surface area contributed by atoms with Crippen LogP contribution in [0.3, 0.4) is 0 Å². The molecule has 0 aliphatic heterocycles. The van der Waals surface area contributed by atoms with E-state index in [1.807, 2.05) is 12.1 Å². The van der Waals surface area contributed by atoms with Crippen molar-refractivity contribution >= 4 is 11.8 Å². The first-order valence-electron chi connectivity index (χ1n) is 9.46. The van der Waals surface area contributed by atoms with Crippen molar-refractivity contribution in [3.05, 3.63) is 59.2 Å². The van der Waals surface area contributed by atoms with Crippen molar-refractivity contribution in [2.45, 2.75) is 32.7 Å². The lowest BCUT2D eigenvalue weighted by molar-refractivity contribution is 0.0950. The lowest BCUT2D eigenvalue weighted by atomic mass is 10.1. The monoisotopic (exact) mass is 384 g/mol. The van der Waals surface area contributed by atoms with E-state index in [4.69, 9.17) is 9.47 Å². The van der Waals surface area contributed by atoms with E-state index in [0.29, 0.717) is 35.7 Å². The lowest BCUT2D eigenvalue weighted by Crippen LogP contribution is -2.26. The Balaban J connectivity index is 1.96. The zero-order valence-electron chi connectivity index (χ0n) is 16.7. The van der Waals surface area contributed by atoms with E-state index in [-0.39, 0.29) is 11.8 Å². The van der Waals surface area contributed by atoms with Crippen molar-refractivity contribution in [3.8, 4) is 11.5 Å². The fraction of sp³-hybridized carbons (Fsp3) is 0.364. The minimum Gasteiger partial charge on any atom is -0.493 e. The first-order chi connectivity index (χ1) is 13.6. The number of hydrogen-bond donors (Lipinski definition) is 2. The molecule has 0 saturated carbocycles. The summed E-state index contributed by atoms with van der Waals surface area (Å²) in [6, 6.07) is 12.2. The molecule has 0 bridgehead atoms. The fourth-order valence-electron chi connectivity index (χ4n) is 2.76. The second-order valence-corrected chi connectivity index (χ2v) is 6.42. The van der Waals surface area contributed by atoms with Crippen LogP contribution in [0.15, 0.2) is 42.5 Å². The summed E-state index contributed by atoms with van der Waals surface area (Å²) in [5.74, 6) is 0.840. The molecule has 2 aromatic rings. The molecule has 2 amide bonds. The number of amides is 2. The number of rotatable bonds is 10. The van der Waals surface area contributed by atoms with Crippen molar-refractivity contribution < 1.29 is 19.1 Å². The van der Waals surface area contributed by atoms with Gasteiger partial charge in [0.25, 0.3) is 11.8 Å². The molecule has 0 unspecified atom stereocenters. The molecule has 0 fully saturated rings. The maximum Gasteiger partial charge on any atom is 0.251 e. The van der Waals surface area contributed by atoms with Crippen molar-refractivity contribution in [1.29, 1.82) is 0 Å². The van der Waals surface area contributed by atoms with Crippen LogP contribution in [-0.2, 0) is 6.54 Å². The molecular formula is C22H28N2O4. The normalized spacial score (nSPS) is 10.2. The average Bonchev–Trinajstić information content (AvgIpc) is 2.74. The molecule has 0 aromatic heterocycles. The van der Waals surface area contributed by atoms with Crippen LogP contribution in [0.2, 0.25) is 0 Å². The summed E-state index contributed by atoms with van der Waals surface area (Å²) >= 11 is 0. The van der Waals surface area contributed by atoms with Crippen LogP contribution in [0, 0.1) is 0 Å². The first-order valence-corrected chi connectivity index (χ1v) is 9.46. The van der Waals surface area contributed by atoms with E-state index < -0.39 is 0 Å². The SMILES string of the molecule is CCCCCNC(=O)c1cccc(C(=O)NCc2ccc(OC)c(OC)c2)c1. The van der Waals surface area contributed by atoms with Crippen LogP contribution in [-0.4, -0.2) is 32.6 Å². The Morgan fingerprint density at radius 2 is 1.54 bits per heavy atom. The minimum absolute atomic E-state index is 0.161. The highest BCUT2D eigenvalue weighted by atomic mass is 16.5. The van der Waals surface area contributed by atoms with Gasteiger partial charge in [-0.3, -0.25) is 9.59 Å². The Labute approximate surface area is 166 Å². The smallest absolute Gasteiger partial charge is 0.251 e. The molecule has 2 rings (SSSR count). The van der Waals surface area contributed by atoms with Crippen molar-refractivity contribution in [3.63, 3.8) is 0 Å². The standard InChI is InChI=1S/C22H28N2O4/c1-4-5-6-12-23-21(25)17-8-7-9-18(14-17)22(26)24-15-16-10-11-19(27-2)20(13-16)28-3/h7-11,13-14H,4-6,12,15H2,1-3H3,(H,23,25)(H,24,26). The first kappa shape index (κ1) is 21.3. The van der Waals surface area contributed by atoms with Crippen LogP contribution in [0.1, 0.15) is 52.5 Å². The topological polar surface area (TPSA) is 76.7 Å². The summed E-state index contributed by atoms with van der Waals surface area (Å²) in [5, 5.41) is 5.75. The largest absolute Gasteiger partial charge is 0.493 e. The van der Waals surface area contributed by atoms with Crippen LogP contribution in [0.5, 0.6) is 11.5 Å². The molecule has 0 atom stereocenters. The molecule has 2 aromatic carbocycles. The molecule has 0 spiro atoms. The molecule has 6 heteroatoms. The zero-order valence-corrected chi connectivity index (χ0v) is 16.7. The number of methoxy groups -OCH3 is 2. The Morgan fingerprint density at radius 1 is 0.857 bits per heavy atom. The maximum absolute atomic E-state index is 12.5. The van der Waals surface area contributed by atoms with E-state index in [1.54, 1.807) is 44.6 Å². The van der Waals surface area contributed by atoms with E-state index in [2.05, 4.69) is 17.6 Å². The van der Waals surface area contributed by atoms with Gasteiger partial charge in [-0.1, -0.05) is 31.9 Å². The number of ether oxygens (including phenoxy) is 2. The van der Waals surface area contributed by atoms with Crippen LogP contribution in [0.25, 0.3) is 0 Å². The minimum atomic E-state index is -0.240. The number of hydrogen-bond acceptors (Lipinski definition) is 4. The lowest BCUT2D eigenvalue weighted by Gasteiger charge is -2.11. The average molecular weight is 384 g/mol. The number of unbranched alkanes of at least 4 members (excludes halogenated alkanes) is 2. The highest BCUT2D eigenvalue weighted by Crippen LogP contribution is 2.27. The third-order valence-electron chi connectivity index (χ3n) is 4.35. The van der Waals surface area contributed by atoms with Crippen molar-refractivity contribution in [1.82, 2.24) is 10.6 Å². The van der Waals surface area contributed by atoms with Gasteiger partial charge in [-0.05, 0) is 42.3 Å². The Hall–Kier alpha value is -3.02. The number of carbonyl (C=O) groups excluding carboxylic acids is 2. The third-order valence-corrected chi connectivity index (χ3v) is 4.35. The summed E-state index contributed by atoms with van der Waals surface area (Å²) in [5.41, 5.74) is 1.81. The van der Waals surface area contributed by atoms with Gasteiger partial charge in [-0.2, -0.15) is 0 Å². The highest BCUT2D eigenvalue weighted by molar-refractivity contribution is 5.99. The van der Waals surface area contributed by atoms with Gasteiger partial charge in [0.15, 0.2) is 11.5 Å². The number of nitrogens with one attached hydrogen (secondary N) is 2. The molecule has 0 aliphatic carbocycles. The number of carbonyl (C=O) groups is 2. The summed E-state index contributed by atoms with van der Waals surface area (Å²) in [6.45, 7) is 3.10. The summed E-state index contributed by atoms with van der Waals surface area (Å²) in [6.07, 6.45) is 3.14. The molecule has 0 heterocycles. The molecule has 6 nitrogen and oxygen atoms in total. The van der Waals surface area contributed by atoms with E-state index in [0.717, 1.165) is 24.8 Å². The zero-order chi connectivity index (χ0) is 20.4. The van der Waals surface area contributed by atoms with Gasteiger partial charge in [0.1, 0.15) is 0 Å². The van der Waals surface area contributed by atoms with Gasteiger partial charge in [0.05, 0.1) is 14.2 Å². The quantitative estimate of drug-likeness (QED) is 0.614. The van der Waals surface area contributed by atoms with E-state index in [9.17, 15) is 9.59 Å². The Morgan fingerprint density at radius 3 is 2.18 bits per heavy atom. The van der Waals surface area contributed by atoms with Gasteiger partial charge < -0.3 is 20.1 Å². The molecule has 2 N–H and O–H groups in total. The molecule has 0 radical (unpaired) electrons. The van der Waals surface area contributed by atoms with Gasteiger partial charge in [0, 0.05) is 24.2 Å². The molecule has 0 saturated heterocycles.